The van der Waals surface area contributed by atoms with Crippen molar-refractivity contribution in [2.45, 2.75) is 52.6 Å². The van der Waals surface area contributed by atoms with E-state index in [2.05, 4.69) is 25.8 Å². The third-order valence-corrected chi connectivity index (χ3v) is 4.92. The van der Waals surface area contributed by atoms with Crippen LogP contribution in [0.2, 0.25) is 0 Å². The number of hydrogen-bond donors (Lipinski definition) is 1. The second-order valence-electron chi connectivity index (χ2n) is 6.38. The van der Waals surface area contributed by atoms with Crippen LogP contribution in [0.25, 0.3) is 0 Å². The number of aliphatic hydroxyl groups is 1. The molecule has 1 aromatic heterocycles. The molecule has 96 valence electrons. The number of aromatic nitrogens is 1. The van der Waals surface area contributed by atoms with Gasteiger partial charge < -0.3 is 5.11 Å². The molecule has 1 aliphatic rings. The molecule has 0 amide bonds. The van der Waals surface area contributed by atoms with Crippen LogP contribution in [0, 0.1) is 17.3 Å². The quantitative estimate of drug-likeness (QED) is 0.875. The van der Waals surface area contributed by atoms with Crippen LogP contribution in [0.5, 0.6) is 0 Å². The minimum Gasteiger partial charge on any atom is -0.393 e. The summed E-state index contributed by atoms with van der Waals surface area (Å²) in [4.78, 5) is 5.43. The fraction of sp³-hybridized carbons (Fsp3) is 0.786. The molecular formula is C14H23NOS. The van der Waals surface area contributed by atoms with E-state index in [1.54, 1.807) is 11.3 Å². The first kappa shape index (κ1) is 13.0. The summed E-state index contributed by atoms with van der Waals surface area (Å²) in [7, 11) is 0. The van der Waals surface area contributed by atoms with Gasteiger partial charge in [0, 0.05) is 11.1 Å². The van der Waals surface area contributed by atoms with Crippen LogP contribution in [0.1, 0.15) is 44.9 Å². The molecule has 1 heterocycles. The van der Waals surface area contributed by atoms with Crippen LogP contribution in [0.3, 0.4) is 0 Å². The molecule has 2 rings (SSSR count). The van der Waals surface area contributed by atoms with E-state index in [-0.39, 0.29) is 6.10 Å². The van der Waals surface area contributed by atoms with Crippen molar-refractivity contribution in [2.75, 3.05) is 0 Å². The molecule has 0 spiro atoms. The third kappa shape index (κ3) is 3.29. The Morgan fingerprint density at radius 1 is 1.41 bits per heavy atom. The summed E-state index contributed by atoms with van der Waals surface area (Å²) in [5.74, 6) is 1.16. The standard InChI is InChI=1S/C14H23NOS/c1-14(2,3)11-4-5-13(16)10(6-11)7-12-8-15-9-17-12/h8-11,13,16H,4-7H2,1-3H3. The Morgan fingerprint density at radius 2 is 2.18 bits per heavy atom. The molecule has 17 heavy (non-hydrogen) atoms. The van der Waals surface area contributed by atoms with E-state index in [0.29, 0.717) is 11.3 Å². The Balaban J connectivity index is 2.00. The average Bonchev–Trinajstić information content (AvgIpc) is 2.72. The van der Waals surface area contributed by atoms with Crippen molar-refractivity contribution in [1.29, 1.82) is 0 Å². The van der Waals surface area contributed by atoms with E-state index in [1.807, 2.05) is 11.7 Å². The smallest absolute Gasteiger partial charge is 0.0794 e. The van der Waals surface area contributed by atoms with Crippen LogP contribution in [0.15, 0.2) is 11.7 Å². The van der Waals surface area contributed by atoms with Gasteiger partial charge in [0.2, 0.25) is 0 Å². The number of aliphatic hydroxyl groups excluding tert-OH is 1. The van der Waals surface area contributed by atoms with Gasteiger partial charge in [-0.25, -0.2) is 0 Å². The molecule has 2 nitrogen and oxygen atoms in total. The normalized spacial score (nSPS) is 30.5. The third-order valence-electron chi connectivity index (χ3n) is 4.11. The van der Waals surface area contributed by atoms with E-state index in [1.165, 1.54) is 11.3 Å². The zero-order chi connectivity index (χ0) is 12.5. The van der Waals surface area contributed by atoms with Gasteiger partial charge in [-0.2, -0.15) is 0 Å². The van der Waals surface area contributed by atoms with Gasteiger partial charge in [-0.1, -0.05) is 20.8 Å². The lowest BCUT2D eigenvalue weighted by Crippen LogP contribution is -2.35. The molecule has 0 aromatic carbocycles. The van der Waals surface area contributed by atoms with E-state index < -0.39 is 0 Å². The van der Waals surface area contributed by atoms with Gasteiger partial charge in [0.1, 0.15) is 0 Å². The Labute approximate surface area is 108 Å². The fourth-order valence-electron chi connectivity index (χ4n) is 2.86. The second kappa shape index (κ2) is 5.07. The van der Waals surface area contributed by atoms with Gasteiger partial charge >= 0.3 is 0 Å². The molecule has 0 saturated heterocycles. The molecule has 1 aromatic rings. The molecule has 1 aliphatic carbocycles. The van der Waals surface area contributed by atoms with Crippen molar-refractivity contribution in [3.05, 3.63) is 16.6 Å². The Bertz CT molecular complexity index is 342. The van der Waals surface area contributed by atoms with Gasteiger partial charge in [0.05, 0.1) is 11.6 Å². The Morgan fingerprint density at radius 3 is 2.76 bits per heavy atom. The average molecular weight is 253 g/mol. The van der Waals surface area contributed by atoms with Gasteiger partial charge in [-0.3, -0.25) is 4.98 Å². The summed E-state index contributed by atoms with van der Waals surface area (Å²) < 4.78 is 0. The summed E-state index contributed by atoms with van der Waals surface area (Å²) in [5, 5.41) is 10.1. The maximum Gasteiger partial charge on any atom is 0.0794 e. The van der Waals surface area contributed by atoms with Gasteiger partial charge in [-0.15, -0.1) is 11.3 Å². The van der Waals surface area contributed by atoms with Crippen LogP contribution in [-0.2, 0) is 6.42 Å². The number of thiazole rings is 1. The lowest BCUT2D eigenvalue weighted by molar-refractivity contribution is 0.0199. The second-order valence-corrected chi connectivity index (χ2v) is 7.35. The molecular weight excluding hydrogens is 230 g/mol. The molecule has 3 atom stereocenters. The summed E-state index contributed by atoms with van der Waals surface area (Å²) in [5.41, 5.74) is 2.25. The predicted octanol–water partition coefficient (Wildman–Crippen LogP) is 3.51. The fourth-order valence-corrected chi connectivity index (χ4v) is 3.54. The number of rotatable bonds is 2. The summed E-state index contributed by atoms with van der Waals surface area (Å²) in [6.07, 6.45) is 6.12. The highest BCUT2D eigenvalue weighted by atomic mass is 32.1. The van der Waals surface area contributed by atoms with Crippen LogP contribution in [0.4, 0.5) is 0 Å². The summed E-state index contributed by atoms with van der Waals surface area (Å²) in [6.45, 7) is 6.96. The van der Waals surface area contributed by atoms with Crippen molar-refractivity contribution < 1.29 is 5.11 Å². The minimum atomic E-state index is -0.115. The maximum atomic E-state index is 10.1. The van der Waals surface area contributed by atoms with Crippen molar-refractivity contribution in [3.8, 4) is 0 Å². The molecule has 1 saturated carbocycles. The molecule has 3 unspecified atom stereocenters. The van der Waals surface area contributed by atoms with Crippen LogP contribution < -0.4 is 0 Å². The zero-order valence-electron chi connectivity index (χ0n) is 11.0. The SMILES string of the molecule is CC(C)(C)C1CCC(O)C(Cc2cncs2)C1. The van der Waals surface area contributed by atoms with Gasteiger partial charge in [0.25, 0.3) is 0 Å². The van der Waals surface area contributed by atoms with Crippen molar-refractivity contribution in [1.82, 2.24) is 4.98 Å². The molecule has 1 fully saturated rings. The van der Waals surface area contributed by atoms with Gasteiger partial charge in [0.15, 0.2) is 0 Å². The lowest BCUT2D eigenvalue weighted by atomic mass is 9.67. The molecule has 3 heteroatoms. The van der Waals surface area contributed by atoms with Crippen molar-refractivity contribution in [3.63, 3.8) is 0 Å². The lowest BCUT2D eigenvalue weighted by Gasteiger charge is -2.40. The maximum absolute atomic E-state index is 10.1. The van der Waals surface area contributed by atoms with E-state index in [4.69, 9.17) is 0 Å². The molecule has 1 N–H and O–H groups in total. The van der Waals surface area contributed by atoms with Gasteiger partial charge in [-0.05, 0) is 42.9 Å². The topological polar surface area (TPSA) is 33.1 Å². The highest BCUT2D eigenvalue weighted by molar-refractivity contribution is 7.09. The van der Waals surface area contributed by atoms with Crippen molar-refractivity contribution >= 4 is 11.3 Å². The summed E-state index contributed by atoms with van der Waals surface area (Å²) in [6, 6.07) is 0. The Kier molecular flexibility index (Phi) is 3.88. The molecule has 0 radical (unpaired) electrons. The predicted molar refractivity (Wildman–Crippen MR) is 72.1 cm³/mol. The summed E-state index contributed by atoms with van der Waals surface area (Å²) >= 11 is 1.71. The highest BCUT2D eigenvalue weighted by Crippen LogP contribution is 2.41. The van der Waals surface area contributed by atoms with Crippen LogP contribution >= 0.6 is 11.3 Å². The van der Waals surface area contributed by atoms with Crippen molar-refractivity contribution in [2.24, 2.45) is 17.3 Å². The first-order chi connectivity index (χ1) is 7.97. The first-order valence-electron chi connectivity index (χ1n) is 6.52. The monoisotopic (exact) mass is 253 g/mol. The Hall–Kier alpha value is -0.410. The van der Waals surface area contributed by atoms with E-state index in [9.17, 15) is 5.11 Å². The molecule has 0 bridgehead atoms. The zero-order valence-corrected chi connectivity index (χ0v) is 11.8. The van der Waals surface area contributed by atoms with E-state index >= 15 is 0 Å². The largest absolute Gasteiger partial charge is 0.393 e. The van der Waals surface area contributed by atoms with Crippen LogP contribution in [-0.4, -0.2) is 16.2 Å². The van der Waals surface area contributed by atoms with E-state index in [0.717, 1.165) is 25.2 Å². The number of hydrogen-bond acceptors (Lipinski definition) is 3. The number of nitrogens with zero attached hydrogens (tertiary/aromatic N) is 1. The molecule has 0 aliphatic heterocycles. The minimum absolute atomic E-state index is 0.115. The highest BCUT2D eigenvalue weighted by Gasteiger charge is 2.35. The first-order valence-corrected chi connectivity index (χ1v) is 7.40.